The van der Waals surface area contributed by atoms with Crippen LogP contribution in [0.5, 0.6) is 0 Å². The first-order valence-corrected chi connectivity index (χ1v) is 6.16. The van der Waals surface area contributed by atoms with Crippen LogP contribution in [0.3, 0.4) is 0 Å². The summed E-state index contributed by atoms with van der Waals surface area (Å²) in [5, 5.41) is 20.1. The van der Waals surface area contributed by atoms with Crippen LogP contribution >= 0.6 is 11.8 Å². The molecular formula is C12H14N2O2S. The van der Waals surface area contributed by atoms with Crippen LogP contribution in [-0.2, 0) is 4.79 Å². The summed E-state index contributed by atoms with van der Waals surface area (Å²) in [6.07, 6.45) is -0.479. The SMILES string of the molecule is CC(O)c1ccc(SCC(=O)NCC#N)cc1. The zero-order valence-corrected chi connectivity index (χ0v) is 10.3. The predicted octanol–water partition coefficient (Wildman–Crippen LogP) is 1.47. The number of aliphatic hydroxyl groups is 1. The molecule has 0 heterocycles. The molecule has 1 aromatic carbocycles. The van der Waals surface area contributed by atoms with Crippen molar-refractivity contribution in [1.82, 2.24) is 5.32 Å². The number of aliphatic hydroxyl groups excluding tert-OH is 1. The Morgan fingerprint density at radius 3 is 2.71 bits per heavy atom. The van der Waals surface area contributed by atoms with Gasteiger partial charge in [-0.25, -0.2) is 0 Å². The Morgan fingerprint density at radius 1 is 1.53 bits per heavy atom. The van der Waals surface area contributed by atoms with Crippen LogP contribution in [0.25, 0.3) is 0 Å². The van der Waals surface area contributed by atoms with Crippen molar-refractivity contribution in [3.63, 3.8) is 0 Å². The second kappa shape index (κ2) is 6.94. The number of benzene rings is 1. The van der Waals surface area contributed by atoms with Gasteiger partial charge in [0.15, 0.2) is 0 Å². The molecule has 0 aromatic heterocycles. The van der Waals surface area contributed by atoms with E-state index < -0.39 is 6.10 Å². The van der Waals surface area contributed by atoms with Crippen molar-refractivity contribution in [2.75, 3.05) is 12.3 Å². The van der Waals surface area contributed by atoms with Crippen LogP contribution in [0, 0.1) is 11.3 Å². The minimum atomic E-state index is -0.479. The number of carbonyl (C=O) groups is 1. The number of hydrogen-bond acceptors (Lipinski definition) is 4. The minimum absolute atomic E-state index is 0.0420. The molecule has 1 rings (SSSR count). The Bertz CT molecular complexity index is 410. The topological polar surface area (TPSA) is 73.1 Å². The Balaban J connectivity index is 2.42. The molecular weight excluding hydrogens is 236 g/mol. The van der Waals surface area contributed by atoms with E-state index in [-0.39, 0.29) is 18.2 Å². The molecule has 0 radical (unpaired) electrons. The Kier molecular flexibility index (Phi) is 5.53. The Labute approximate surface area is 105 Å². The summed E-state index contributed by atoms with van der Waals surface area (Å²) in [7, 11) is 0. The summed E-state index contributed by atoms with van der Waals surface area (Å²) in [6.45, 7) is 1.75. The van der Waals surface area contributed by atoms with E-state index in [1.54, 1.807) is 6.92 Å². The highest BCUT2D eigenvalue weighted by Crippen LogP contribution is 2.20. The van der Waals surface area contributed by atoms with E-state index in [1.165, 1.54) is 11.8 Å². The average Bonchev–Trinajstić information content (AvgIpc) is 2.34. The number of nitrogens with zero attached hydrogens (tertiary/aromatic N) is 1. The lowest BCUT2D eigenvalue weighted by Crippen LogP contribution is -2.25. The maximum atomic E-state index is 11.2. The molecule has 5 heteroatoms. The highest BCUT2D eigenvalue weighted by Gasteiger charge is 2.03. The summed E-state index contributed by atoms with van der Waals surface area (Å²) >= 11 is 1.40. The molecule has 0 saturated heterocycles. The van der Waals surface area contributed by atoms with Crippen molar-refractivity contribution in [2.24, 2.45) is 0 Å². The van der Waals surface area contributed by atoms with Gasteiger partial charge in [-0.3, -0.25) is 4.79 Å². The monoisotopic (exact) mass is 250 g/mol. The van der Waals surface area contributed by atoms with Crippen molar-refractivity contribution >= 4 is 17.7 Å². The molecule has 17 heavy (non-hydrogen) atoms. The molecule has 1 atom stereocenters. The van der Waals surface area contributed by atoms with Gasteiger partial charge in [-0.05, 0) is 24.6 Å². The number of nitriles is 1. The van der Waals surface area contributed by atoms with Gasteiger partial charge in [0.1, 0.15) is 6.54 Å². The number of hydrogen-bond donors (Lipinski definition) is 2. The van der Waals surface area contributed by atoms with E-state index in [4.69, 9.17) is 5.26 Å². The van der Waals surface area contributed by atoms with Gasteiger partial charge >= 0.3 is 0 Å². The lowest BCUT2D eigenvalue weighted by atomic mass is 10.1. The highest BCUT2D eigenvalue weighted by molar-refractivity contribution is 8.00. The van der Waals surface area contributed by atoms with Crippen LogP contribution in [0.4, 0.5) is 0 Å². The third kappa shape index (κ3) is 4.89. The van der Waals surface area contributed by atoms with E-state index in [2.05, 4.69) is 5.32 Å². The van der Waals surface area contributed by atoms with Gasteiger partial charge in [-0.1, -0.05) is 12.1 Å². The van der Waals surface area contributed by atoms with Crippen molar-refractivity contribution in [1.29, 1.82) is 5.26 Å². The van der Waals surface area contributed by atoms with Gasteiger partial charge in [0.05, 0.1) is 17.9 Å². The van der Waals surface area contributed by atoms with Gasteiger partial charge in [-0.2, -0.15) is 5.26 Å². The summed E-state index contributed by atoms with van der Waals surface area (Å²) in [6, 6.07) is 9.25. The standard InChI is InChI=1S/C12H14N2O2S/c1-9(15)10-2-4-11(5-3-10)17-8-12(16)14-7-6-13/h2-5,9,15H,7-8H2,1H3,(H,14,16). The predicted molar refractivity (Wildman–Crippen MR) is 66.4 cm³/mol. The first kappa shape index (κ1) is 13.6. The fraction of sp³-hybridized carbons (Fsp3) is 0.333. The molecule has 0 spiro atoms. The van der Waals surface area contributed by atoms with E-state index in [0.717, 1.165) is 10.5 Å². The van der Waals surface area contributed by atoms with Crippen molar-refractivity contribution in [3.05, 3.63) is 29.8 Å². The molecule has 1 unspecified atom stereocenters. The molecule has 1 amide bonds. The van der Waals surface area contributed by atoms with Crippen molar-refractivity contribution in [2.45, 2.75) is 17.9 Å². The number of carbonyl (C=O) groups excluding carboxylic acids is 1. The first-order valence-electron chi connectivity index (χ1n) is 5.18. The van der Waals surface area contributed by atoms with Crippen molar-refractivity contribution < 1.29 is 9.90 Å². The molecule has 0 aliphatic heterocycles. The van der Waals surface area contributed by atoms with Gasteiger partial charge in [0.25, 0.3) is 0 Å². The normalized spacial score (nSPS) is 11.6. The van der Waals surface area contributed by atoms with Crippen molar-refractivity contribution in [3.8, 4) is 6.07 Å². The molecule has 90 valence electrons. The fourth-order valence-corrected chi connectivity index (χ4v) is 1.91. The van der Waals surface area contributed by atoms with Crippen LogP contribution in [-0.4, -0.2) is 23.3 Å². The van der Waals surface area contributed by atoms with Gasteiger partial charge in [0.2, 0.25) is 5.91 Å². The van der Waals surface area contributed by atoms with E-state index in [0.29, 0.717) is 0 Å². The summed E-state index contributed by atoms with van der Waals surface area (Å²) in [5.41, 5.74) is 0.850. The van der Waals surface area contributed by atoms with Gasteiger partial charge < -0.3 is 10.4 Å². The molecule has 4 nitrogen and oxygen atoms in total. The van der Waals surface area contributed by atoms with Gasteiger partial charge in [0, 0.05) is 4.90 Å². The lowest BCUT2D eigenvalue weighted by molar-refractivity contribution is -0.118. The molecule has 1 aromatic rings. The maximum Gasteiger partial charge on any atom is 0.231 e. The lowest BCUT2D eigenvalue weighted by Gasteiger charge is -2.06. The van der Waals surface area contributed by atoms with E-state index >= 15 is 0 Å². The summed E-state index contributed by atoms with van der Waals surface area (Å²) < 4.78 is 0. The van der Waals surface area contributed by atoms with E-state index in [1.807, 2.05) is 30.3 Å². The van der Waals surface area contributed by atoms with Crippen LogP contribution in [0.2, 0.25) is 0 Å². The zero-order chi connectivity index (χ0) is 12.7. The number of rotatable bonds is 5. The first-order chi connectivity index (χ1) is 8.13. The third-order valence-electron chi connectivity index (χ3n) is 2.10. The Morgan fingerprint density at radius 2 is 2.18 bits per heavy atom. The fourth-order valence-electron chi connectivity index (χ4n) is 1.18. The van der Waals surface area contributed by atoms with Crippen LogP contribution < -0.4 is 5.32 Å². The average molecular weight is 250 g/mol. The van der Waals surface area contributed by atoms with Gasteiger partial charge in [-0.15, -0.1) is 11.8 Å². The Hall–Kier alpha value is -1.51. The summed E-state index contributed by atoms with van der Waals surface area (Å²) in [5.74, 6) is 0.131. The maximum absolute atomic E-state index is 11.2. The second-order valence-electron chi connectivity index (χ2n) is 3.47. The third-order valence-corrected chi connectivity index (χ3v) is 3.11. The van der Waals surface area contributed by atoms with Crippen LogP contribution in [0.1, 0.15) is 18.6 Å². The smallest absolute Gasteiger partial charge is 0.231 e. The molecule has 0 aliphatic rings. The molecule has 0 bridgehead atoms. The molecule has 0 fully saturated rings. The summed E-state index contributed by atoms with van der Waals surface area (Å²) in [4.78, 5) is 12.2. The molecule has 0 aliphatic carbocycles. The molecule has 0 saturated carbocycles. The molecule has 2 N–H and O–H groups in total. The largest absolute Gasteiger partial charge is 0.389 e. The second-order valence-corrected chi connectivity index (χ2v) is 4.52. The highest BCUT2D eigenvalue weighted by atomic mass is 32.2. The zero-order valence-electron chi connectivity index (χ0n) is 9.51. The quantitative estimate of drug-likeness (QED) is 0.613. The van der Waals surface area contributed by atoms with Crippen LogP contribution in [0.15, 0.2) is 29.2 Å². The number of nitrogens with one attached hydrogen (secondary N) is 1. The number of thioether (sulfide) groups is 1. The number of amides is 1. The van der Waals surface area contributed by atoms with E-state index in [9.17, 15) is 9.90 Å². The minimum Gasteiger partial charge on any atom is -0.389 e.